The lowest BCUT2D eigenvalue weighted by Crippen LogP contribution is -2.63. The van der Waals surface area contributed by atoms with Crippen LogP contribution in [0.1, 0.15) is 52.4 Å². The van der Waals surface area contributed by atoms with Gasteiger partial charge in [0.1, 0.15) is 12.6 Å². The van der Waals surface area contributed by atoms with Crippen LogP contribution in [0.5, 0.6) is 0 Å². The van der Waals surface area contributed by atoms with E-state index in [4.69, 9.17) is 4.74 Å². The number of amides is 4. The third-order valence-electron chi connectivity index (χ3n) is 6.61. The van der Waals surface area contributed by atoms with Crippen LogP contribution in [0, 0.1) is 5.92 Å². The molecular formula is C22H39N5O4. The molecule has 0 bridgehead atoms. The Kier molecular flexibility index (Phi) is 8.54. The average molecular weight is 438 g/mol. The number of hydrogen-bond donors (Lipinski definition) is 3. The first-order valence-corrected chi connectivity index (χ1v) is 11.7. The number of urea groups is 1. The van der Waals surface area contributed by atoms with E-state index in [9.17, 15) is 14.4 Å². The first-order valence-electron chi connectivity index (χ1n) is 11.7. The molecule has 9 nitrogen and oxygen atoms in total. The molecule has 0 spiro atoms. The highest BCUT2D eigenvalue weighted by Crippen LogP contribution is 2.30. The summed E-state index contributed by atoms with van der Waals surface area (Å²) in [5.74, 6) is 0.456. The van der Waals surface area contributed by atoms with Gasteiger partial charge in [-0.15, -0.1) is 0 Å². The Hall–Kier alpha value is -1.87. The number of methoxy groups -OCH3 is 1. The number of hydrogen-bond acceptors (Lipinski definition) is 5. The van der Waals surface area contributed by atoms with E-state index in [-0.39, 0.29) is 48.6 Å². The minimum atomic E-state index is -0.359. The zero-order valence-electron chi connectivity index (χ0n) is 19.2. The fourth-order valence-corrected chi connectivity index (χ4v) is 5.21. The molecule has 2 heterocycles. The molecule has 4 amide bonds. The van der Waals surface area contributed by atoms with Gasteiger partial charge in [0.15, 0.2) is 0 Å². The molecule has 2 saturated heterocycles. The molecule has 1 aliphatic carbocycles. The molecule has 0 unspecified atom stereocenters. The van der Waals surface area contributed by atoms with Crippen molar-refractivity contribution in [1.82, 2.24) is 25.8 Å². The molecule has 3 atom stereocenters. The summed E-state index contributed by atoms with van der Waals surface area (Å²) in [4.78, 5) is 41.7. The van der Waals surface area contributed by atoms with Crippen molar-refractivity contribution in [2.75, 3.05) is 39.9 Å². The molecule has 0 aromatic heterocycles. The SMILES string of the molecule is COCC(=O)NC[C@H]1C(=O)N2C[C@@H](NC(=O)NC(C)C)C[C@H]2CN1CC1CCCCC1. The lowest BCUT2D eigenvalue weighted by atomic mass is 9.88. The van der Waals surface area contributed by atoms with Gasteiger partial charge in [0, 0.05) is 45.4 Å². The third-order valence-corrected chi connectivity index (χ3v) is 6.61. The van der Waals surface area contributed by atoms with Gasteiger partial charge in [-0.1, -0.05) is 19.3 Å². The maximum atomic E-state index is 13.4. The van der Waals surface area contributed by atoms with Gasteiger partial charge >= 0.3 is 6.03 Å². The summed E-state index contributed by atoms with van der Waals surface area (Å²) in [6, 6.07) is -0.425. The number of nitrogens with one attached hydrogen (secondary N) is 3. The molecule has 3 N–H and O–H groups in total. The second-order valence-electron chi connectivity index (χ2n) is 9.56. The first-order chi connectivity index (χ1) is 14.9. The number of ether oxygens (including phenoxy) is 1. The van der Waals surface area contributed by atoms with Gasteiger partial charge in [-0.25, -0.2) is 4.79 Å². The van der Waals surface area contributed by atoms with Crippen molar-refractivity contribution in [3.63, 3.8) is 0 Å². The van der Waals surface area contributed by atoms with Crippen LogP contribution in [0.15, 0.2) is 0 Å². The minimum absolute atomic E-state index is 0.00711. The van der Waals surface area contributed by atoms with Crippen molar-refractivity contribution >= 4 is 17.8 Å². The number of rotatable bonds is 8. The average Bonchev–Trinajstić information content (AvgIpc) is 3.10. The van der Waals surface area contributed by atoms with Crippen molar-refractivity contribution in [3.8, 4) is 0 Å². The van der Waals surface area contributed by atoms with Crippen LogP contribution in [0.2, 0.25) is 0 Å². The molecule has 0 aromatic rings. The van der Waals surface area contributed by atoms with Crippen LogP contribution >= 0.6 is 0 Å². The van der Waals surface area contributed by atoms with Gasteiger partial charge in [-0.05, 0) is 39.0 Å². The first kappa shape index (κ1) is 23.8. The van der Waals surface area contributed by atoms with Gasteiger partial charge in [-0.3, -0.25) is 14.5 Å². The highest BCUT2D eigenvalue weighted by atomic mass is 16.5. The van der Waals surface area contributed by atoms with Crippen molar-refractivity contribution in [2.45, 2.75) is 76.5 Å². The maximum absolute atomic E-state index is 13.4. The van der Waals surface area contributed by atoms with Crippen molar-refractivity contribution in [2.24, 2.45) is 5.92 Å². The van der Waals surface area contributed by atoms with Gasteiger partial charge < -0.3 is 25.6 Å². The molecule has 0 radical (unpaired) electrons. The lowest BCUT2D eigenvalue weighted by Gasteiger charge is -2.44. The van der Waals surface area contributed by atoms with Gasteiger partial charge in [0.25, 0.3) is 0 Å². The van der Waals surface area contributed by atoms with Crippen molar-refractivity contribution in [1.29, 1.82) is 0 Å². The summed E-state index contributed by atoms with van der Waals surface area (Å²) < 4.78 is 4.90. The number of fused-ring (bicyclic) bond motifs is 1. The van der Waals surface area contributed by atoms with E-state index >= 15 is 0 Å². The molecule has 1 saturated carbocycles. The number of carbonyl (C=O) groups excluding carboxylic acids is 3. The van der Waals surface area contributed by atoms with Gasteiger partial charge in [-0.2, -0.15) is 0 Å². The minimum Gasteiger partial charge on any atom is -0.375 e. The summed E-state index contributed by atoms with van der Waals surface area (Å²) in [5, 5.41) is 8.73. The standard InChI is InChI=1S/C22H39N5O4/c1-15(2)24-22(30)25-17-9-18-13-26(11-16-7-5-4-6-8-16)19(21(29)27(18)12-17)10-23-20(28)14-31-3/h15-19H,4-14H2,1-3H3,(H,23,28)(H2,24,25,30)/t17-,18-,19-/m0/s1. The van der Waals surface area contributed by atoms with Crippen LogP contribution in [-0.2, 0) is 14.3 Å². The molecule has 31 heavy (non-hydrogen) atoms. The molecule has 176 valence electrons. The lowest BCUT2D eigenvalue weighted by molar-refractivity contribution is -0.144. The second-order valence-corrected chi connectivity index (χ2v) is 9.56. The fraction of sp³-hybridized carbons (Fsp3) is 0.864. The normalized spacial score (nSPS) is 27.3. The highest BCUT2D eigenvalue weighted by molar-refractivity contribution is 5.85. The Balaban J connectivity index is 1.65. The van der Waals surface area contributed by atoms with Crippen LogP contribution < -0.4 is 16.0 Å². The smallest absolute Gasteiger partial charge is 0.315 e. The van der Waals surface area contributed by atoms with Crippen molar-refractivity contribution < 1.29 is 19.1 Å². The van der Waals surface area contributed by atoms with E-state index in [0.717, 1.165) is 19.5 Å². The highest BCUT2D eigenvalue weighted by Gasteiger charge is 2.46. The van der Waals surface area contributed by atoms with Crippen molar-refractivity contribution in [3.05, 3.63) is 0 Å². The van der Waals surface area contributed by atoms with E-state index in [0.29, 0.717) is 19.0 Å². The van der Waals surface area contributed by atoms with E-state index in [1.54, 1.807) is 0 Å². The topological polar surface area (TPSA) is 103 Å². The van der Waals surface area contributed by atoms with E-state index in [1.165, 1.54) is 39.2 Å². The Morgan fingerprint density at radius 2 is 1.90 bits per heavy atom. The number of carbonyl (C=O) groups is 3. The molecule has 3 rings (SSSR count). The van der Waals surface area contributed by atoms with E-state index < -0.39 is 0 Å². The maximum Gasteiger partial charge on any atom is 0.315 e. The van der Waals surface area contributed by atoms with Crippen LogP contribution in [0.25, 0.3) is 0 Å². The summed E-state index contributed by atoms with van der Waals surface area (Å²) in [6.45, 7) is 6.34. The van der Waals surface area contributed by atoms with E-state index in [2.05, 4.69) is 20.9 Å². The quantitative estimate of drug-likeness (QED) is 0.519. The summed E-state index contributed by atoms with van der Waals surface area (Å²) >= 11 is 0. The Labute approximate surface area is 185 Å². The Morgan fingerprint density at radius 3 is 2.58 bits per heavy atom. The van der Waals surface area contributed by atoms with E-state index in [1.807, 2.05) is 18.7 Å². The number of piperazine rings is 1. The zero-order valence-corrected chi connectivity index (χ0v) is 19.2. The van der Waals surface area contributed by atoms with Crippen LogP contribution in [0.3, 0.4) is 0 Å². The Morgan fingerprint density at radius 1 is 1.16 bits per heavy atom. The monoisotopic (exact) mass is 437 g/mol. The van der Waals surface area contributed by atoms with Gasteiger partial charge in [0.2, 0.25) is 11.8 Å². The molecular weight excluding hydrogens is 398 g/mol. The third kappa shape index (κ3) is 6.55. The predicted molar refractivity (Wildman–Crippen MR) is 118 cm³/mol. The number of nitrogens with zero attached hydrogens (tertiary/aromatic N) is 2. The van der Waals surface area contributed by atoms with Gasteiger partial charge in [0.05, 0.1) is 6.04 Å². The summed E-state index contributed by atoms with van der Waals surface area (Å²) in [5.41, 5.74) is 0. The predicted octanol–water partition coefficient (Wildman–Crippen LogP) is 0.691. The molecule has 3 fully saturated rings. The molecule has 3 aliphatic rings. The van der Waals surface area contributed by atoms with Crippen LogP contribution in [-0.4, -0.2) is 91.7 Å². The van der Waals surface area contributed by atoms with Crippen LogP contribution in [0.4, 0.5) is 4.79 Å². The second kappa shape index (κ2) is 11.1. The molecule has 2 aliphatic heterocycles. The molecule has 0 aromatic carbocycles. The fourth-order valence-electron chi connectivity index (χ4n) is 5.21. The largest absolute Gasteiger partial charge is 0.375 e. The Bertz CT molecular complexity index is 637. The summed E-state index contributed by atoms with van der Waals surface area (Å²) in [7, 11) is 1.48. The molecule has 9 heteroatoms. The summed E-state index contributed by atoms with van der Waals surface area (Å²) in [6.07, 6.45) is 7.00. The zero-order chi connectivity index (χ0) is 22.4.